The molecular weight excluding hydrogens is 250 g/mol. The van der Waals surface area contributed by atoms with E-state index in [1.54, 1.807) is 12.5 Å². The van der Waals surface area contributed by atoms with Crippen molar-refractivity contribution in [1.82, 2.24) is 9.97 Å². The first-order valence-corrected chi connectivity index (χ1v) is 6.84. The summed E-state index contributed by atoms with van der Waals surface area (Å²) in [6.45, 7) is 5.76. The molecule has 106 valence electrons. The zero-order valence-corrected chi connectivity index (χ0v) is 12.3. The third-order valence-corrected chi connectivity index (χ3v) is 3.20. The van der Waals surface area contributed by atoms with E-state index >= 15 is 0 Å². The average Bonchev–Trinajstić information content (AvgIpc) is 2.47. The highest BCUT2D eigenvalue weighted by Gasteiger charge is 2.03. The number of aromatic nitrogens is 2. The van der Waals surface area contributed by atoms with E-state index in [1.807, 2.05) is 13.1 Å². The van der Waals surface area contributed by atoms with E-state index in [2.05, 4.69) is 46.9 Å². The Balaban J connectivity index is 1.78. The third-order valence-electron chi connectivity index (χ3n) is 3.20. The molecule has 0 aliphatic rings. The zero-order chi connectivity index (χ0) is 14.4. The largest absolute Gasteiger partial charge is 0.493 e. The summed E-state index contributed by atoms with van der Waals surface area (Å²) in [5, 5.41) is 0. The van der Waals surface area contributed by atoms with Crippen molar-refractivity contribution in [2.45, 2.75) is 20.3 Å². The second kappa shape index (κ2) is 6.89. The van der Waals surface area contributed by atoms with E-state index < -0.39 is 0 Å². The van der Waals surface area contributed by atoms with Crippen molar-refractivity contribution >= 4 is 5.82 Å². The predicted octanol–water partition coefficient (Wildman–Crippen LogP) is 3.00. The number of anilines is 1. The van der Waals surface area contributed by atoms with Gasteiger partial charge in [0, 0.05) is 19.8 Å². The lowest BCUT2D eigenvalue weighted by Crippen LogP contribution is -2.21. The first kappa shape index (κ1) is 14.3. The quantitative estimate of drug-likeness (QED) is 0.757. The van der Waals surface area contributed by atoms with Crippen LogP contribution in [0.5, 0.6) is 5.75 Å². The van der Waals surface area contributed by atoms with Gasteiger partial charge in [0.25, 0.3) is 0 Å². The van der Waals surface area contributed by atoms with Crippen molar-refractivity contribution in [3.8, 4) is 5.75 Å². The van der Waals surface area contributed by atoms with E-state index in [4.69, 9.17) is 4.74 Å². The van der Waals surface area contributed by atoms with Crippen LogP contribution in [0.4, 0.5) is 5.82 Å². The van der Waals surface area contributed by atoms with Gasteiger partial charge in [0.15, 0.2) is 0 Å². The Morgan fingerprint density at radius 3 is 2.80 bits per heavy atom. The van der Waals surface area contributed by atoms with Gasteiger partial charge >= 0.3 is 0 Å². The van der Waals surface area contributed by atoms with Crippen molar-refractivity contribution in [3.05, 3.63) is 47.9 Å². The van der Waals surface area contributed by atoms with Crippen molar-refractivity contribution in [2.75, 3.05) is 25.1 Å². The van der Waals surface area contributed by atoms with Gasteiger partial charge in [-0.3, -0.25) is 0 Å². The standard InChI is InChI=1S/C16H21N3O/c1-13-5-6-14(2)15(11-13)20-10-4-9-19(3)16-7-8-17-12-18-16/h5-8,11-12H,4,9-10H2,1-3H3. The zero-order valence-electron chi connectivity index (χ0n) is 12.3. The van der Waals surface area contributed by atoms with Crippen LogP contribution in [0.15, 0.2) is 36.8 Å². The molecule has 0 spiro atoms. The number of hydrogen-bond acceptors (Lipinski definition) is 4. The van der Waals surface area contributed by atoms with Gasteiger partial charge in [0.1, 0.15) is 17.9 Å². The first-order chi connectivity index (χ1) is 9.66. The smallest absolute Gasteiger partial charge is 0.131 e. The van der Waals surface area contributed by atoms with Gasteiger partial charge in [-0.1, -0.05) is 12.1 Å². The normalized spacial score (nSPS) is 10.3. The van der Waals surface area contributed by atoms with Crippen LogP contribution < -0.4 is 9.64 Å². The van der Waals surface area contributed by atoms with Crippen LogP contribution in [0.2, 0.25) is 0 Å². The molecule has 0 atom stereocenters. The second-order valence-corrected chi connectivity index (χ2v) is 4.96. The molecule has 1 aromatic carbocycles. The van der Waals surface area contributed by atoms with Crippen molar-refractivity contribution < 1.29 is 4.74 Å². The Morgan fingerprint density at radius 1 is 1.20 bits per heavy atom. The minimum absolute atomic E-state index is 0.708. The molecule has 0 radical (unpaired) electrons. The molecule has 0 aliphatic carbocycles. The van der Waals surface area contributed by atoms with Crippen LogP contribution in [-0.2, 0) is 0 Å². The maximum Gasteiger partial charge on any atom is 0.131 e. The highest BCUT2D eigenvalue weighted by molar-refractivity contribution is 5.36. The Morgan fingerprint density at radius 2 is 2.05 bits per heavy atom. The van der Waals surface area contributed by atoms with E-state index in [0.29, 0.717) is 6.61 Å². The van der Waals surface area contributed by atoms with Gasteiger partial charge in [0.2, 0.25) is 0 Å². The minimum atomic E-state index is 0.708. The lowest BCUT2D eigenvalue weighted by atomic mass is 10.1. The molecule has 20 heavy (non-hydrogen) atoms. The van der Waals surface area contributed by atoms with Crippen LogP contribution in [0, 0.1) is 13.8 Å². The topological polar surface area (TPSA) is 38.2 Å². The fraction of sp³-hybridized carbons (Fsp3) is 0.375. The van der Waals surface area contributed by atoms with Crippen LogP contribution >= 0.6 is 0 Å². The Hall–Kier alpha value is -2.10. The summed E-state index contributed by atoms with van der Waals surface area (Å²) < 4.78 is 5.84. The van der Waals surface area contributed by atoms with Gasteiger partial charge in [-0.25, -0.2) is 9.97 Å². The van der Waals surface area contributed by atoms with Crippen LogP contribution in [0.1, 0.15) is 17.5 Å². The summed E-state index contributed by atoms with van der Waals surface area (Å²) in [6.07, 6.45) is 4.28. The number of aryl methyl sites for hydroxylation is 2. The molecule has 0 saturated heterocycles. The lowest BCUT2D eigenvalue weighted by molar-refractivity contribution is 0.310. The Kier molecular flexibility index (Phi) is 4.93. The summed E-state index contributed by atoms with van der Waals surface area (Å²) >= 11 is 0. The predicted molar refractivity (Wildman–Crippen MR) is 81.3 cm³/mol. The Labute approximate surface area is 120 Å². The lowest BCUT2D eigenvalue weighted by Gasteiger charge is -2.18. The fourth-order valence-corrected chi connectivity index (χ4v) is 1.97. The highest BCUT2D eigenvalue weighted by atomic mass is 16.5. The van der Waals surface area contributed by atoms with Gasteiger partial charge in [-0.05, 0) is 43.5 Å². The molecule has 0 bridgehead atoms. The molecule has 2 aromatic rings. The van der Waals surface area contributed by atoms with E-state index in [1.165, 1.54) is 11.1 Å². The maximum atomic E-state index is 5.84. The summed E-state index contributed by atoms with van der Waals surface area (Å²) in [5.74, 6) is 1.92. The molecule has 2 rings (SSSR count). The van der Waals surface area contributed by atoms with E-state index in [-0.39, 0.29) is 0 Å². The summed E-state index contributed by atoms with van der Waals surface area (Å²) in [5.41, 5.74) is 2.41. The van der Waals surface area contributed by atoms with Gasteiger partial charge in [-0.15, -0.1) is 0 Å². The molecule has 0 saturated carbocycles. The Bertz CT molecular complexity index is 543. The molecule has 0 aliphatic heterocycles. The molecule has 0 fully saturated rings. The first-order valence-electron chi connectivity index (χ1n) is 6.84. The summed E-state index contributed by atoms with van der Waals surface area (Å²) in [6, 6.07) is 8.19. The number of benzene rings is 1. The monoisotopic (exact) mass is 271 g/mol. The van der Waals surface area contributed by atoms with Gasteiger partial charge in [-0.2, -0.15) is 0 Å². The van der Waals surface area contributed by atoms with Crippen molar-refractivity contribution in [1.29, 1.82) is 0 Å². The van der Waals surface area contributed by atoms with Crippen LogP contribution in [0.25, 0.3) is 0 Å². The SMILES string of the molecule is Cc1ccc(C)c(OCCCN(C)c2ccncn2)c1. The number of hydrogen-bond donors (Lipinski definition) is 0. The molecule has 0 N–H and O–H groups in total. The average molecular weight is 271 g/mol. The van der Waals surface area contributed by atoms with Crippen molar-refractivity contribution in [2.24, 2.45) is 0 Å². The van der Waals surface area contributed by atoms with Gasteiger partial charge < -0.3 is 9.64 Å². The number of ether oxygens (including phenoxy) is 1. The fourth-order valence-electron chi connectivity index (χ4n) is 1.97. The molecule has 4 nitrogen and oxygen atoms in total. The molecule has 0 amide bonds. The molecule has 1 aromatic heterocycles. The van der Waals surface area contributed by atoms with Crippen molar-refractivity contribution in [3.63, 3.8) is 0 Å². The molecular formula is C16H21N3O. The number of rotatable bonds is 6. The van der Waals surface area contributed by atoms with Crippen LogP contribution in [-0.4, -0.2) is 30.2 Å². The summed E-state index contributed by atoms with van der Waals surface area (Å²) in [7, 11) is 2.03. The highest BCUT2D eigenvalue weighted by Crippen LogP contribution is 2.19. The van der Waals surface area contributed by atoms with Crippen LogP contribution in [0.3, 0.4) is 0 Å². The second-order valence-electron chi connectivity index (χ2n) is 4.96. The van der Waals surface area contributed by atoms with E-state index in [0.717, 1.165) is 24.5 Å². The summed E-state index contributed by atoms with van der Waals surface area (Å²) in [4.78, 5) is 10.2. The molecule has 0 unspecified atom stereocenters. The van der Waals surface area contributed by atoms with E-state index in [9.17, 15) is 0 Å². The number of nitrogens with zero attached hydrogens (tertiary/aromatic N) is 3. The minimum Gasteiger partial charge on any atom is -0.493 e. The molecule has 1 heterocycles. The third kappa shape index (κ3) is 3.95. The maximum absolute atomic E-state index is 5.84. The van der Waals surface area contributed by atoms with Gasteiger partial charge in [0.05, 0.1) is 6.61 Å². The molecule has 4 heteroatoms.